The third-order valence-electron chi connectivity index (χ3n) is 15.3. The molecule has 0 bridgehead atoms. The molecule has 0 saturated heterocycles. The van der Waals surface area contributed by atoms with Gasteiger partial charge in [0.1, 0.15) is 0 Å². The standard InChI is InChI=1S/C70H72N2/c1-7-11-21-51-25-17-29-57(45-51)71(58-30-18-26-52(46-58)22-12-8-2)67-44-42-61(63-33-15-16-34-64(63)67)49(5)50(6)62-39-35-55-37-41-66-68(43-38-56-36-40-65(62)69(55)70(56)66)72(59-31-19-27-53(47-59)23-13-9-3)60-32-20-28-54(48-60)24-14-10-4/h15-20,25-48H,7-14,21-24H2,1-6H3/b50-49+. The van der Waals surface area contributed by atoms with Gasteiger partial charge in [-0.2, -0.15) is 0 Å². The molecule has 0 N–H and O–H groups in total. The largest absolute Gasteiger partial charge is 0.310 e. The number of hydrogen-bond donors (Lipinski definition) is 0. The van der Waals surface area contributed by atoms with E-state index in [0.29, 0.717) is 0 Å². The number of benzene rings is 10. The Labute approximate surface area is 430 Å². The monoisotopic (exact) mass is 941 g/mol. The molecule has 0 saturated carbocycles. The third kappa shape index (κ3) is 9.77. The van der Waals surface area contributed by atoms with Crippen molar-refractivity contribution in [2.45, 2.75) is 119 Å². The van der Waals surface area contributed by atoms with Crippen LogP contribution in [0.4, 0.5) is 34.1 Å². The van der Waals surface area contributed by atoms with Crippen molar-refractivity contribution in [1.82, 2.24) is 0 Å². The van der Waals surface area contributed by atoms with E-state index >= 15 is 0 Å². The van der Waals surface area contributed by atoms with Crippen LogP contribution in [0, 0.1) is 0 Å². The van der Waals surface area contributed by atoms with Gasteiger partial charge in [-0.25, -0.2) is 0 Å². The molecule has 0 spiro atoms. The first-order valence-electron chi connectivity index (χ1n) is 27.3. The molecule has 10 aromatic carbocycles. The van der Waals surface area contributed by atoms with Crippen LogP contribution in [0.25, 0.3) is 54.2 Å². The molecule has 72 heavy (non-hydrogen) atoms. The smallest absolute Gasteiger partial charge is 0.0540 e. The summed E-state index contributed by atoms with van der Waals surface area (Å²) < 4.78 is 0. The van der Waals surface area contributed by atoms with Crippen molar-refractivity contribution in [3.63, 3.8) is 0 Å². The van der Waals surface area contributed by atoms with Crippen LogP contribution in [0.2, 0.25) is 0 Å². The average Bonchev–Trinajstić information content (AvgIpc) is 3.42. The number of aryl methyl sites for hydroxylation is 4. The van der Waals surface area contributed by atoms with Crippen LogP contribution in [0.3, 0.4) is 0 Å². The number of anilines is 6. The minimum Gasteiger partial charge on any atom is -0.310 e. The Hall–Kier alpha value is -7.16. The number of allylic oxidation sites excluding steroid dienone is 2. The Morgan fingerprint density at radius 1 is 0.319 bits per heavy atom. The van der Waals surface area contributed by atoms with Gasteiger partial charge in [-0.3, -0.25) is 0 Å². The lowest BCUT2D eigenvalue weighted by Gasteiger charge is -2.29. The third-order valence-corrected chi connectivity index (χ3v) is 15.3. The second-order valence-corrected chi connectivity index (χ2v) is 20.3. The van der Waals surface area contributed by atoms with Gasteiger partial charge in [-0.15, -0.1) is 0 Å². The van der Waals surface area contributed by atoms with Crippen molar-refractivity contribution >= 4 is 88.4 Å². The summed E-state index contributed by atoms with van der Waals surface area (Å²) in [5, 5.41) is 10.3. The Kier molecular flexibility index (Phi) is 14.9. The van der Waals surface area contributed by atoms with Gasteiger partial charge in [0.15, 0.2) is 0 Å². The lowest BCUT2D eigenvalue weighted by molar-refractivity contribution is 0.794. The van der Waals surface area contributed by atoms with E-state index in [9.17, 15) is 0 Å². The highest BCUT2D eigenvalue weighted by molar-refractivity contribution is 6.27. The fraction of sp³-hybridized carbons (Fsp3) is 0.257. The molecule has 0 heterocycles. The van der Waals surface area contributed by atoms with E-state index in [4.69, 9.17) is 0 Å². The Morgan fingerprint density at radius 3 is 1.12 bits per heavy atom. The van der Waals surface area contributed by atoms with Crippen LogP contribution in [0.1, 0.15) is 126 Å². The van der Waals surface area contributed by atoms with Crippen LogP contribution in [0.5, 0.6) is 0 Å². The van der Waals surface area contributed by atoms with Gasteiger partial charge in [-0.1, -0.05) is 175 Å². The fourth-order valence-corrected chi connectivity index (χ4v) is 11.3. The van der Waals surface area contributed by atoms with Crippen molar-refractivity contribution < 1.29 is 0 Å². The predicted octanol–water partition coefficient (Wildman–Crippen LogP) is 21.0. The van der Waals surface area contributed by atoms with Gasteiger partial charge in [0.05, 0.1) is 11.4 Å². The molecule has 10 rings (SSSR count). The molecule has 0 atom stereocenters. The fourth-order valence-electron chi connectivity index (χ4n) is 11.3. The summed E-state index contributed by atoms with van der Waals surface area (Å²) in [7, 11) is 0. The average molecular weight is 941 g/mol. The van der Waals surface area contributed by atoms with E-state index in [1.165, 1.54) is 173 Å². The molecule has 0 unspecified atom stereocenters. The van der Waals surface area contributed by atoms with Gasteiger partial charge in [0.2, 0.25) is 0 Å². The second kappa shape index (κ2) is 22.1. The quantitative estimate of drug-likeness (QED) is 0.0555. The second-order valence-electron chi connectivity index (χ2n) is 20.3. The zero-order valence-electron chi connectivity index (χ0n) is 43.7. The summed E-state index contributed by atoms with van der Waals surface area (Å²) in [6.07, 6.45) is 13.8. The molecule has 0 aliphatic rings. The predicted molar refractivity (Wildman–Crippen MR) is 316 cm³/mol. The molecule has 0 aliphatic heterocycles. The summed E-state index contributed by atoms with van der Waals surface area (Å²) in [5.74, 6) is 0. The summed E-state index contributed by atoms with van der Waals surface area (Å²) in [6.45, 7) is 13.8. The van der Waals surface area contributed by atoms with Gasteiger partial charge in [0, 0.05) is 33.5 Å². The lowest BCUT2D eigenvalue weighted by atomic mass is 9.86. The molecular weight excluding hydrogens is 869 g/mol. The van der Waals surface area contributed by atoms with Crippen LogP contribution in [0.15, 0.2) is 182 Å². The summed E-state index contributed by atoms with van der Waals surface area (Å²) >= 11 is 0. The van der Waals surface area contributed by atoms with E-state index in [1.807, 2.05) is 0 Å². The molecule has 10 aromatic rings. The van der Waals surface area contributed by atoms with E-state index < -0.39 is 0 Å². The highest BCUT2D eigenvalue weighted by Gasteiger charge is 2.22. The zero-order valence-corrected chi connectivity index (χ0v) is 43.7. The Morgan fingerprint density at radius 2 is 0.667 bits per heavy atom. The first-order chi connectivity index (χ1) is 35.4. The summed E-state index contributed by atoms with van der Waals surface area (Å²) in [4.78, 5) is 5.03. The van der Waals surface area contributed by atoms with Gasteiger partial charge in [-0.05, 0) is 203 Å². The molecule has 0 fully saturated rings. The minimum atomic E-state index is 1.08. The molecule has 0 radical (unpaired) electrons. The Balaban J connectivity index is 1.11. The number of unbranched alkanes of at least 4 members (excludes halogenated alkanes) is 4. The van der Waals surface area contributed by atoms with E-state index in [1.54, 1.807) is 0 Å². The molecule has 362 valence electrons. The van der Waals surface area contributed by atoms with Crippen molar-refractivity contribution in [3.05, 3.63) is 215 Å². The van der Waals surface area contributed by atoms with Gasteiger partial charge in [0.25, 0.3) is 0 Å². The summed E-state index contributed by atoms with van der Waals surface area (Å²) in [5.41, 5.74) is 18.0. The first kappa shape index (κ1) is 48.5. The van der Waals surface area contributed by atoms with E-state index in [2.05, 4.69) is 233 Å². The van der Waals surface area contributed by atoms with E-state index in [-0.39, 0.29) is 0 Å². The normalized spacial score (nSPS) is 12.1. The van der Waals surface area contributed by atoms with Crippen molar-refractivity contribution in [2.75, 3.05) is 9.80 Å². The van der Waals surface area contributed by atoms with E-state index in [0.717, 1.165) is 25.7 Å². The topological polar surface area (TPSA) is 6.48 Å². The molecule has 0 aromatic heterocycles. The van der Waals surface area contributed by atoms with Crippen LogP contribution in [-0.4, -0.2) is 0 Å². The molecule has 0 aliphatic carbocycles. The number of hydrogen-bond acceptors (Lipinski definition) is 2. The highest BCUT2D eigenvalue weighted by Crippen LogP contribution is 2.47. The summed E-state index contributed by atoms with van der Waals surface area (Å²) in [6, 6.07) is 69.8. The number of fused-ring (bicyclic) bond motifs is 1. The van der Waals surface area contributed by atoms with Gasteiger partial charge < -0.3 is 9.80 Å². The highest BCUT2D eigenvalue weighted by atomic mass is 15.1. The maximum Gasteiger partial charge on any atom is 0.0540 e. The Bertz CT molecular complexity index is 3410. The van der Waals surface area contributed by atoms with Crippen LogP contribution < -0.4 is 9.80 Å². The maximum absolute atomic E-state index is 2.52. The number of nitrogens with zero attached hydrogens (tertiary/aromatic N) is 2. The molecule has 0 amide bonds. The van der Waals surface area contributed by atoms with Crippen LogP contribution >= 0.6 is 0 Å². The van der Waals surface area contributed by atoms with Gasteiger partial charge >= 0.3 is 0 Å². The van der Waals surface area contributed by atoms with Crippen molar-refractivity contribution in [2.24, 2.45) is 0 Å². The van der Waals surface area contributed by atoms with Crippen molar-refractivity contribution in [1.29, 1.82) is 0 Å². The lowest BCUT2D eigenvalue weighted by Crippen LogP contribution is -2.11. The van der Waals surface area contributed by atoms with Crippen LogP contribution in [-0.2, 0) is 25.7 Å². The number of rotatable bonds is 20. The van der Waals surface area contributed by atoms with Crippen molar-refractivity contribution in [3.8, 4) is 0 Å². The molecule has 2 heteroatoms. The molecular formula is C70H72N2. The first-order valence-corrected chi connectivity index (χ1v) is 27.3. The molecule has 2 nitrogen and oxygen atoms in total. The zero-order chi connectivity index (χ0) is 49.6. The maximum atomic E-state index is 2.52. The SMILES string of the molecule is CCCCc1cccc(N(c2cccc(CCCC)c2)c2ccc(/C(C)=C(\C)c3ccc4ccc5c(N(c6cccc(CCCC)c6)c6cccc(CCCC)c6)ccc6ccc3c4c65)c3ccccc23)c1. The minimum absolute atomic E-state index is 1.08.